The molecular formula is C9H12N2O3. The van der Waals surface area contributed by atoms with Crippen LogP contribution in [0.25, 0.3) is 0 Å². The maximum Gasteiger partial charge on any atom is 0.226 e. The molecule has 0 aromatic carbocycles. The zero-order valence-corrected chi connectivity index (χ0v) is 7.81. The zero-order valence-electron chi connectivity index (χ0n) is 7.81. The summed E-state index contributed by atoms with van der Waals surface area (Å²) >= 11 is 0. The standard InChI is InChI=1S/C9H12N2O3/c12-6-1-3-8-10(6)5-11-7(13)2-4-9(11)14-8/h8-9H,1-5H2/t8-,9-/m1/s1. The summed E-state index contributed by atoms with van der Waals surface area (Å²) in [7, 11) is 0. The molecule has 0 aromatic heterocycles. The van der Waals surface area contributed by atoms with E-state index in [0.29, 0.717) is 19.5 Å². The molecular weight excluding hydrogens is 184 g/mol. The third-order valence-electron chi connectivity index (χ3n) is 3.17. The maximum atomic E-state index is 11.4. The highest BCUT2D eigenvalue weighted by atomic mass is 16.5. The van der Waals surface area contributed by atoms with Gasteiger partial charge in [-0.2, -0.15) is 0 Å². The van der Waals surface area contributed by atoms with Crippen LogP contribution in [0.5, 0.6) is 0 Å². The monoisotopic (exact) mass is 196 g/mol. The van der Waals surface area contributed by atoms with Crippen LogP contribution in [0.1, 0.15) is 25.7 Å². The molecule has 76 valence electrons. The maximum absolute atomic E-state index is 11.4. The van der Waals surface area contributed by atoms with Crippen molar-refractivity contribution in [3.8, 4) is 0 Å². The second-order valence-electron chi connectivity index (χ2n) is 3.99. The Labute approximate surface area is 81.6 Å². The van der Waals surface area contributed by atoms with E-state index in [0.717, 1.165) is 12.8 Å². The van der Waals surface area contributed by atoms with Crippen molar-refractivity contribution in [2.75, 3.05) is 6.67 Å². The Balaban J connectivity index is 1.83. The first kappa shape index (κ1) is 8.23. The van der Waals surface area contributed by atoms with Gasteiger partial charge in [-0.3, -0.25) is 19.4 Å². The molecule has 0 unspecified atom stereocenters. The first-order chi connectivity index (χ1) is 6.75. The zero-order chi connectivity index (χ0) is 9.71. The lowest BCUT2D eigenvalue weighted by atomic mass is 10.3. The molecule has 0 bridgehead atoms. The van der Waals surface area contributed by atoms with Crippen molar-refractivity contribution < 1.29 is 14.3 Å². The van der Waals surface area contributed by atoms with Crippen LogP contribution in [0, 0.1) is 0 Å². The fraction of sp³-hybridized carbons (Fsp3) is 0.778. The molecule has 14 heavy (non-hydrogen) atoms. The number of amides is 2. The van der Waals surface area contributed by atoms with Crippen LogP contribution in [-0.4, -0.2) is 40.7 Å². The molecule has 0 aliphatic carbocycles. The normalized spacial score (nSPS) is 36.3. The first-order valence-electron chi connectivity index (χ1n) is 5.00. The molecule has 0 saturated carbocycles. The topological polar surface area (TPSA) is 49.9 Å². The lowest BCUT2D eigenvalue weighted by Gasteiger charge is -2.39. The summed E-state index contributed by atoms with van der Waals surface area (Å²) in [5.74, 6) is 0.210. The second kappa shape index (κ2) is 2.70. The van der Waals surface area contributed by atoms with Gasteiger partial charge in [0.1, 0.15) is 19.1 Å². The van der Waals surface area contributed by atoms with E-state index < -0.39 is 0 Å². The van der Waals surface area contributed by atoms with Gasteiger partial charge in [0.25, 0.3) is 0 Å². The van der Waals surface area contributed by atoms with Crippen LogP contribution in [0.2, 0.25) is 0 Å². The SMILES string of the molecule is O=C1CC[C@H]2O[C@@H]3CCC(=O)N3CN12. The fourth-order valence-corrected chi connectivity index (χ4v) is 2.38. The highest BCUT2D eigenvalue weighted by Crippen LogP contribution is 2.32. The molecule has 0 spiro atoms. The average molecular weight is 196 g/mol. The molecule has 0 radical (unpaired) electrons. The summed E-state index contributed by atoms with van der Waals surface area (Å²) in [6.45, 7) is 0.438. The van der Waals surface area contributed by atoms with Crippen molar-refractivity contribution in [1.29, 1.82) is 0 Å². The van der Waals surface area contributed by atoms with Gasteiger partial charge in [-0.05, 0) is 0 Å². The Morgan fingerprint density at radius 1 is 1.00 bits per heavy atom. The van der Waals surface area contributed by atoms with Crippen molar-refractivity contribution >= 4 is 11.8 Å². The minimum absolute atomic E-state index is 0.0744. The van der Waals surface area contributed by atoms with E-state index in [1.807, 2.05) is 0 Å². The van der Waals surface area contributed by atoms with Gasteiger partial charge >= 0.3 is 0 Å². The molecule has 0 aromatic rings. The Hall–Kier alpha value is -1.10. The number of rotatable bonds is 0. The Morgan fingerprint density at radius 2 is 1.50 bits per heavy atom. The van der Waals surface area contributed by atoms with E-state index in [-0.39, 0.29) is 24.3 Å². The minimum atomic E-state index is -0.0744. The van der Waals surface area contributed by atoms with Gasteiger partial charge in [-0.25, -0.2) is 0 Å². The van der Waals surface area contributed by atoms with E-state index >= 15 is 0 Å². The number of fused-ring (bicyclic) bond motifs is 2. The first-order valence-corrected chi connectivity index (χ1v) is 5.00. The van der Waals surface area contributed by atoms with Crippen molar-refractivity contribution in [3.05, 3.63) is 0 Å². The van der Waals surface area contributed by atoms with Crippen LogP contribution in [0.4, 0.5) is 0 Å². The van der Waals surface area contributed by atoms with Gasteiger partial charge in [-0.15, -0.1) is 0 Å². The third kappa shape index (κ3) is 0.987. The highest BCUT2D eigenvalue weighted by molar-refractivity contribution is 5.81. The van der Waals surface area contributed by atoms with Gasteiger partial charge in [0.2, 0.25) is 11.8 Å². The molecule has 2 amide bonds. The Kier molecular flexibility index (Phi) is 1.58. The van der Waals surface area contributed by atoms with Crippen LogP contribution < -0.4 is 0 Å². The van der Waals surface area contributed by atoms with Gasteiger partial charge in [0, 0.05) is 25.7 Å². The van der Waals surface area contributed by atoms with Crippen LogP contribution in [-0.2, 0) is 14.3 Å². The summed E-state index contributed by atoms with van der Waals surface area (Å²) in [4.78, 5) is 26.2. The fourth-order valence-electron chi connectivity index (χ4n) is 2.38. The predicted octanol–water partition coefficient (Wildman–Crippen LogP) is -0.129. The number of ether oxygens (including phenoxy) is 1. The molecule has 2 atom stereocenters. The molecule has 3 saturated heterocycles. The molecule has 5 nitrogen and oxygen atoms in total. The second-order valence-corrected chi connectivity index (χ2v) is 3.99. The van der Waals surface area contributed by atoms with E-state index in [1.165, 1.54) is 0 Å². The third-order valence-corrected chi connectivity index (χ3v) is 3.17. The number of hydrogen-bond acceptors (Lipinski definition) is 3. The van der Waals surface area contributed by atoms with Crippen molar-refractivity contribution in [2.24, 2.45) is 0 Å². The number of carbonyl (C=O) groups excluding carboxylic acids is 2. The largest absolute Gasteiger partial charge is 0.335 e. The molecule has 3 heterocycles. The quantitative estimate of drug-likeness (QED) is 0.542. The summed E-state index contributed by atoms with van der Waals surface area (Å²) in [6.07, 6.45) is 2.51. The van der Waals surface area contributed by atoms with Crippen LogP contribution >= 0.6 is 0 Å². The van der Waals surface area contributed by atoms with Gasteiger partial charge in [0.15, 0.2) is 0 Å². The van der Waals surface area contributed by atoms with E-state index in [2.05, 4.69) is 0 Å². The Bertz CT molecular complexity index is 276. The van der Waals surface area contributed by atoms with E-state index in [4.69, 9.17) is 4.74 Å². The molecule has 3 fully saturated rings. The smallest absolute Gasteiger partial charge is 0.226 e. The van der Waals surface area contributed by atoms with Crippen LogP contribution in [0.15, 0.2) is 0 Å². The summed E-state index contributed by atoms with van der Waals surface area (Å²) < 4.78 is 5.69. The van der Waals surface area contributed by atoms with Crippen molar-refractivity contribution in [1.82, 2.24) is 9.80 Å². The number of hydrogen-bond donors (Lipinski definition) is 0. The highest BCUT2D eigenvalue weighted by Gasteiger charge is 2.44. The lowest BCUT2D eigenvalue weighted by molar-refractivity contribution is -0.199. The Morgan fingerprint density at radius 3 is 2.00 bits per heavy atom. The molecule has 3 aliphatic rings. The van der Waals surface area contributed by atoms with Gasteiger partial charge in [-0.1, -0.05) is 0 Å². The minimum Gasteiger partial charge on any atom is -0.335 e. The summed E-state index contributed by atoms with van der Waals surface area (Å²) in [5.41, 5.74) is 0. The van der Waals surface area contributed by atoms with E-state index in [1.54, 1.807) is 9.80 Å². The predicted molar refractivity (Wildman–Crippen MR) is 45.7 cm³/mol. The molecule has 0 N–H and O–H groups in total. The van der Waals surface area contributed by atoms with Gasteiger partial charge in [0.05, 0.1) is 0 Å². The molecule has 5 heteroatoms. The van der Waals surface area contributed by atoms with Crippen molar-refractivity contribution in [3.63, 3.8) is 0 Å². The molecule has 3 rings (SSSR count). The average Bonchev–Trinajstić information content (AvgIpc) is 2.71. The van der Waals surface area contributed by atoms with Crippen LogP contribution in [0.3, 0.4) is 0 Å². The number of carbonyl (C=O) groups is 2. The molecule has 3 aliphatic heterocycles. The van der Waals surface area contributed by atoms with Crippen molar-refractivity contribution in [2.45, 2.75) is 38.1 Å². The summed E-state index contributed by atoms with van der Waals surface area (Å²) in [5, 5.41) is 0. The van der Waals surface area contributed by atoms with E-state index in [9.17, 15) is 9.59 Å². The van der Waals surface area contributed by atoms with Gasteiger partial charge < -0.3 is 4.74 Å². The summed E-state index contributed by atoms with van der Waals surface area (Å²) in [6, 6.07) is 0. The number of nitrogens with zero attached hydrogens (tertiary/aromatic N) is 2. The lowest BCUT2D eigenvalue weighted by Crippen LogP contribution is -2.54.